The Bertz CT molecular complexity index is 416. The Kier molecular flexibility index (Phi) is 5.67. The molecular weight excluding hydrogens is 262 g/mol. The van der Waals surface area contributed by atoms with Gasteiger partial charge in [-0.3, -0.25) is 4.79 Å². The van der Waals surface area contributed by atoms with Crippen LogP contribution in [0, 0.1) is 0 Å². The van der Waals surface area contributed by atoms with E-state index in [0.29, 0.717) is 18.8 Å². The number of alkyl halides is 1. The van der Waals surface area contributed by atoms with E-state index in [4.69, 9.17) is 16.3 Å². The molecule has 4 heteroatoms. The van der Waals surface area contributed by atoms with Gasteiger partial charge in [0.1, 0.15) is 0 Å². The van der Waals surface area contributed by atoms with Gasteiger partial charge in [0.15, 0.2) is 0 Å². The minimum Gasteiger partial charge on any atom is -0.378 e. The number of benzene rings is 1. The van der Waals surface area contributed by atoms with Gasteiger partial charge in [-0.1, -0.05) is 24.3 Å². The van der Waals surface area contributed by atoms with Crippen molar-refractivity contribution in [2.75, 3.05) is 6.61 Å². The van der Waals surface area contributed by atoms with Gasteiger partial charge in [-0.15, -0.1) is 11.6 Å². The smallest absolute Gasteiger partial charge is 0.220 e. The molecule has 1 saturated heterocycles. The van der Waals surface area contributed by atoms with Crippen molar-refractivity contribution < 1.29 is 9.53 Å². The Labute approximate surface area is 119 Å². The average molecular weight is 282 g/mol. The monoisotopic (exact) mass is 281 g/mol. The van der Waals surface area contributed by atoms with Crippen molar-refractivity contribution in [3.8, 4) is 0 Å². The molecule has 1 amide bonds. The summed E-state index contributed by atoms with van der Waals surface area (Å²) in [6.07, 6.45) is 3.86. The lowest BCUT2D eigenvalue weighted by Gasteiger charge is -2.09. The Morgan fingerprint density at radius 3 is 3.00 bits per heavy atom. The van der Waals surface area contributed by atoms with Gasteiger partial charge < -0.3 is 10.1 Å². The second kappa shape index (κ2) is 7.51. The largest absolute Gasteiger partial charge is 0.378 e. The molecule has 1 aromatic rings. The second-order valence-electron chi connectivity index (χ2n) is 4.90. The van der Waals surface area contributed by atoms with Crippen molar-refractivity contribution in [1.82, 2.24) is 5.32 Å². The van der Waals surface area contributed by atoms with Gasteiger partial charge in [-0.2, -0.15) is 0 Å². The highest BCUT2D eigenvalue weighted by Gasteiger charge is 2.16. The van der Waals surface area contributed by atoms with E-state index in [1.807, 2.05) is 24.3 Å². The Morgan fingerprint density at radius 2 is 2.26 bits per heavy atom. The fraction of sp³-hybridized carbons (Fsp3) is 0.533. The maximum atomic E-state index is 11.7. The number of halogens is 1. The first-order valence-corrected chi connectivity index (χ1v) is 7.33. The van der Waals surface area contributed by atoms with E-state index < -0.39 is 0 Å². The fourth-order valence-corrected chi connectivity index (χ4v) is 2.44. The molecule has 0 bridgehead atoms. The van der Waals surface area contributed by atoms with E-state index in [9.17, 15) is 4.79 Å². The summed E-state index contributed by atoms with van der Waals surface area (Å²) in [5.41, 5.74) is 2.16. The lowest BCUT2D eigenvalue weighted by atomic mass is 10.1. The Balaban J connectivity index is 1.70. The van der Waals surface area contributed by atoms with E-state index >= 15 is 0 Å². The van der Waals surface area contributed by atoms with Crippen LogP contribution in [-0.2, 0) is 22.0 Å². The number of ether oxygens (including phenoxy) is 1. The van der Waals surface area contributed by atoms with Crippen LogP contribution in [0.3, 0.4) is 0 Å². The first kappa shape index (κ1) is 14.4. The molecule has 1 atom stereocenters. The van der Waals surface area contributed by atoms with Crippen LogP contribution in [0.25, 0.3) is 0 Å². The van der Waals surface area contributed by atoms with Crippen molar-refractivity contribution in [3.05, 3.63) is 35.4 Å². The molecule has 3 nitrogen and oxygen atoms in total. The molecule has 2 rings (SSSR count). The Morgan fingerprint density at radius 1 is 1.42 bits per heavy atom. The topological polar surface area (TPSA) is 38.3 Å². The molecule has 1 aliphatic rings. The summed E-state index contributed by atoms with van der Waals surface area (Å²) < 4.78 is 5.50. The Hall–Kier alpha value is -1.06. The van der Waals surface area contributed by atoms with Gasteiger partial charge in [-0.25, -0.2) is 0 Å². The van der Waals surface area contributed by atoms with Crippen LogP contribution in [0.1, 0.15) is 36.8 Å². The molecule has 1 aliphatic heterocycles. The highest BCUT2D eigenvalue weighted by Crippen LogP contribution is 2.16. The van der Waals surface area contributed by atoms with Crippen molar-refractivity contribution >= 4 is 17.5 Å². The van der Waals surface area contributed by atoms with E-state index in [2.05, 4.69) is 5.32 Å². The normalized spacial score (nSPS) is 18.5. The van der Waals surface area contributed by atoms with Crippen LogP contribution in [-0.4, -0.2) is 18.6 Å². The molecule has 1 N–H and O–H groups in total. The van der Waals surface area contributed by atoms with E-state index in [-0.39, 0.29) is 12.0 Å². The molecule has 1 unspecified atom stereocenters. The van der Waals surface area contributed by atoms with Crippen LogP contribution in [0.2, 0.25) is 0 Å². The molecular formula is C15H20ClNO2. The average Bonchev–Trinajstić information content (AvgIpc) is 2.96. The third kappa shape index (κ3) is 4.84. The highest BCUT2D eigenvalue weighted by molar-refractivity contribution is 6.17. The number of amides is 1. The van der Waals surface area contributed by atoms with Gasteiger partial charge in [0.05, 0.1) is 6.10 Å². The fourth-order valence-electron chi connectivity index (χ4n) is 2.28. The lowest BCUT2D eigenvalue weighted by Crippen LogP contribution is -2.23. The van der Waals surface area contributed by atoms with Crippen molar-refractivity contribution in [3.63, 3.8) is 0 Å². The van der Waals surface area contributed by atoms with Crippen LogP contribution in [0.15, 0.2) is 24.3 Å². The van der Waals surface area contributed by atoms with Crippen molar-refractivity contribution in [2.24, 2.45) is 0 Å². The van der Waals surface area contributed by atoms with Crippen molar-refractivity contribution in [1.29, 1.82) is 0 Å². The van der Waals surface area contributed by atoms with Gasteiger partial charge in [0.25, 0.3) is 0 Å². The standard InChI is InChI=1S/C15H20ClNO2/c16-10-12-3-1-4-13(9-12)11-17-15(18)7-6-14-5-2-8-19-14/h1,3-4,9,14H,2,5-8,10-11H2,(H,17,18). The van der Waals surface area contributed by atoms with Crippen LogP contribution < -0.4 is 5.32 Å². The maximum Gasteiger partial charge on any atom is 0.220 e. The number of rotatable bonds is 6. The highest BCUT2D eigenvalue weighted by atomic mass is 35.5. The predicted molar refractivity (Wildman–Crippen MR) is 76.1 cm³/mol. The molecule has 0 aromatic heterocycles. The molecule has 1 fully saturated rings. The minimum atomic E-state index is 0.0896. The SMILES string of the molecule is O=C(CCC1CCCO1)NCc1cccc(CCl)c1. The van der Waals surface area contributed by atoms with Crippen LogP contribution in [0.5, 0.6) is 0 Å². The van der Waals surface area contributed by atoms with Gasteiger partial charge in [0, 0.05) is 25.5 Å². The zero-order valence-electron chi connectivity index (χ0n) is 11.0. The molecule has 0 radical (unpaired) electrons. The molecule has 0 spiro atoms. The van der Waals surface area contributed by atoms with E-state index in [1.165, 1.54) is 0 Å². The number of hydrogen-bond acceptors (Lipinski definition) is 2. The third-order valence-electron chi connectivity index (χ3n) is 3.35. The molecule has 19 heavy (non-hydrogen) atoms. The van der Waals surface area contributed by atoms with Gasteiger partial charge in [0.2, 0.25) is 5.91 Å². The zero-order chi connectivity index (χ0) is 13.5. The number of carbonyl (C=O) groups excluding carboxylic acids is 1. The van der Waals surface area contributed by atoms with Crippen LogP contribution >= 0.6 is 11.6 Å². The van der Waals surface area contributed by atoms with E-state index in [0.717, 1.165) is 37.0 Å². The van der Waals surface area contributed by atoms with E-state index in [1.54, 1.807) is 0 Å². The maximum absolute atomic E-state index is 11.7. The number of hydrogen-bond donors (Lipinski definition) is 1. The quantitative estimate of drug-likeness (QED) is 0.814. The molecule has 104 valence electrons. The molecule has 1 heterocycles. The van der Waals surface area contributed by atoms with Gasteiger partial charge >= 0.3 is 0 Å². The first-order valence-electron chi connectivity index (χ1n) is 6.80. The second-order valence-corrected chi connectivity index (χ2v) is 5.17. The minimum absolute atomic E-state index is 0.0896. The lowest BCUT2D eigenvalue weighted by molar-refractivity contribution is -0.121. The summed E-state index contributed by atoms with van der Waals surface area (Å²) in [6, 6.07) is 7.96. The number of carbonyl (C=O) groups is 1. The van der Waals surface area contributed by atoms with Gasteiger partial charge in [-0.05, 0) is 30.4 Å². The summed E-state index contributed by atoms with van der Waals surface area (Å²) in [4.78, 5) is 11.7. The number of nitrogens with one attached hydrogen (secondary N) is 1. The van der Waals surface area contributed by atoms with Crippen LogP contribution in [0.4, 0.5) is 0 Å². The molecule has 0 aliphatic carbocycles. The summed E-state index contributed by atoms with van der Waals surface area (Å²) in [7, 11) is 0. The summed E-state index contributed by atoms with van der Waals surface area (Å²) in [5.74, 6) is 0.590. The first-order chi connectivity index (χ1) is 9.28. The third-order valence-corrected chi connectivity index (χ3v) is 3.66. The summed E-state index contributed by atoms with van der Waals surface area (Å²) in [6.45, 7) is 1.41. The van der Waals surface area contributed by atoms with Crippen molar-refractivity contribution in [2.45, 2.75) is 44.2 Å². The predicted octanol–water partition coefficient (Wildman–Crippen LogP) is 3.00. The zero-order valence-corrected chi connectivity index (χ0v) is 11.8. The molecule has 1 aromatic carbocycles. The summed E-state index contributed by atoms with van der Waals surface area (Å²) >= 11 is 5.78. The molecule has 0 saturated carbocycles. The summed E-state index contributed by atoms with van der Waals surface area (Å²) in [5, 5.41) is 2.94.